The van der Waals surface area contributed by atoms with Gasteiger partial charge >= 0.3 is 5.97 Å². The molecule has 4 heteroatoms. The molecule has 20 heavy (non-hydrogen) atoms. The molecular weight excluding hydrogens is 254 g/mol. The van der Waals surface area contributed by atoms with E-state index in [1.54, 1.807) is 4.90 Å². The van der Waals surface area contributed by atoms with E-state index in [1.807, 2.05) is 38.1 Å². The molecular formula is C16H21NO3. The average Bonchev–Trinajstić information content (AvgIpc) is 2.58. The number of hydrogen-bond donors (Lipinski definition) is 1. The molecule has 0 saturated carbocycles. The first-order valence-electron chi connectivity index (χ1n) is 7.13. The quantitative estimate of drug-likeness (QED) is 0.922. The van der Waals surface area contributed by atoms with Crippen molar-refractivity contribution in [2.45, 2.75) is 39.2 Å². The Balaban J connectivity index is 2.45. The van der Waals surface area contributed by atoms with Gasteiger partial charge in [-0.3, -0.25) is 9.59 Å². The lowest BCUT2D eigenvalue weighted by atomic mass is 9.89. The number of nitrogens with zero attached hydrogens (tertiary/aromatic N) is 1. The van der Waals surface area contributed by atoms with Crippen molar-refractivity contribution in [3.63, 3.8) is 0 Å². The number of benzene rings is 1. The highest BCUT2D eigenvalue weighted by molar-refractivity contribution is 5.79. The summed E-state index contributed by atoms with van der Waals surface area (Å²) in [6, 6.07) is 7.47. The summed E-state index contributed by atoms with van der Waals surface area (Å²) in [5.41, 5.74) is 2.05. The van der Waals surface area contributed by atoms with E-state index in [4.69, 9.17) is 0 Å². The second-order valence-electron chi connectivity index (χ2n) is 5.37. The highest BCUT2D eigenvalue weighted by atomic mass is 16.4. The number of likely N-dealkylation sites (tertiary alicyclic amines) is 1. The van der Waals surface area contributed by atoms with Gasteiger partial charge in [-0.25, -0.2) is 0 Å². The van der Waals surface area contributed by atoms with Crippen LogP contribution in [0.15, 0.2) is 24.3 Å². The van der Waals surface area contributed by atoms with Gasteiger partial charge in [0.05, 0.1) is 12.0 Å². The van der Waals surface area contributed by atoms with Crippen LogP contribution in [-0.2, 0) is 9.59 Å². The van der Waals surface area contributed by atoms with Crippen LogP contribution in [0.5, 0.6) is 0 Å². The monoisotopic (exact) mass is 275 g/mol. The summed E-state index contributed by atoms with van der Waals surface area (Å²) in [4.78, 5) is 25.5. The van der Waals surface area contributed by atoms with Crippen LogP contribution in [0.25, 0.3) is 0 Å². The van der Waals surface area contributed by atoms with Crippen molar-refractivity contribution < 1.29 is 14.7 Å². The molecule has 1 aromatic rings. The van der Waals surface area contributed by atoms with Gasteiger partial charge in [0.25, 0.3) is 0 Å². The van der Waals surface area contributed by atoms with Crippen molar-refractivity contribution in [1.82, 2.24) is 4.90 Å². The van der Waals surface area contributed by atoms with Crippen molar-refractivity contribution in [2.24, 2.45) is 5.92 Å². The first kappa shape index (κ1) is 14.6. The molecule has 0 aromatic heterocycles. The molecule has 2 rings (SSSR count). The second kappa shape index (κ2) is 6.07. The van der Waals surface area contributed by atoms with Crippen molar-refractivity contribution in [3.05, 3.63) is 35.4 Å². The zero-order chi connectivity index (χ0) is 14.7. The van der Waals surface area contributed by atoms with E-state index < -0.39 is 11.9 Å². The Hall–Kier alpha value is -1.84. The van der Waals surface area contributed by atoms with E-state index in [1.165, 1.54) is 0 Å². The summed E-state index contributed by atoms with van der Waals surface area (Å²) >= 11 is 0. The van der Waals surface area contributed by atoms with Crippen LogP contribution in [0.1, 0.15) is 43.4 Å². The summed E-state index contributed by atoms with van der Waals surface area (Å²) in [5, 5.41) is 9.51. The third-order valence-corrected chi connectivity index (χ3v) is 4.02. The van der Waals surface area contributed by atoms with Gasteiger partial charge in [0.15, 0.2) is 0 Å². The zero-order valence-corrected chi connectivity index (χ0v) is 12.0. The molecule has 1 aromatic carbocycles. The van der Waals surface area contributed by atoms with Crippen molar-refractivity contribution >= 4 is 11.9 Å². The van der Waals surface area contributed by atoms with E-state index in [2.05, 4.69) is 0 Å². The molecule has 1 heterocycles. The van der Waals surface area contributed by atoms with E-state index >= 15 is 0 Å². The summed E-state index contributed by atoms with van der Waals surface area (Å²) in [5.74, 6) is -1.28. The fraction of sp³-hybridized carbons (Fsp3) is 0.500. The first-order chi connectivity index (χ1) is 9.54. The predicted molar refractivity (Wildman–Crippen MR) is 76.3 cm³/mol. The SMILES string of the molecule is CCN1C(=O)CCCC(C(=O)O)C1c1ccc(C)cc1. The topological polar surface area (TPSA) is 57.6 Å². The number of carboxylic acids is 1. The van der Waals surface area contributed by atoms with Gasteiger partial charge in [0, 0.05) is 13.0 Å². The molecule has 108 valence electrons. The van der Waals surface area contributed by atoms with Gasteiger partial charge in [-0.1, -0.05) is 29.8 Å². The lowest BCUT2D eigenvalue weighted by Gasteiger charge is -2.33. The number of amides is 1. The minimum Gasteiger partial charge on any atom is -0.481 e. The lowest BCUT2D eigenvalue weighted by molar-refractivity contribution is -0.146. The van der Waals surface area contributed by atoms with Gasteiger partial charge in [-0.2, -0.15) is 0 Å². The number of aliphatic carboxylic acids is 1. The average molecular weight is 275 g/mol. The Bertz CT molecular complexity index is 493. The molecule has 2 atom stereocenters. The smallest absolute Gasteiger partial charge is 0.308 e. The lowest BCUT2D eigenvalue weighted by Crippen LogP contribution is -2.38. The Morgan fingerprint density at radius 3 is 2.55 bits per heavy atom. The van der Waals surface area contributed by atoms with Crippen LogP contribution in [0.3, 0.4) is 0 Å². The van der Waals surface area contributed by atoms with Gasteiger partial charge < -0.3 is 10.0 Å². The van der Waals surface area contributed by atoms with Crippen LogP contribution < -0.4 is 0 Å². The molecule has 1 aliphatic heterocycles. The van der Waals surface area contributed by atoms with E-state index in [-0.39, 0.29) is 11.9 Å². The number of carbonyl (C=O) groups excluding carboxylic acids is 1. The molecule has 0 bridgehead atoms. The highest BCUT2D eigenvalue weighted by Gasteiger charge is 2.37. The van der Waals surface area contributed by atoms with Crippen LogP contribution in [0.4, 0.5) is 0 Å². The van der Waals surface area contributed by atoms with Crippen molar-refractivity contribution in [2.75, 3.05) is 6.54 Å². The zero-order valence-electron chi connectivity index (χ0n) is 12.0. The van der Waals surface area contributed by atoms with Gasteiger partial charge in [-0.05, 0) is 32.3 Å². The van der Waals surface area contributed by atoms with Crippen molar-refractivity contribution in [3.8, 4) is 0 Å². The van der Waals surface area contributed by atoms with Crippen LogP contribution in [0.2, 0.25) is 0 Å². The Morgan fingerprint density at radius 2 is 2.00 bits per heavy atom. The fourth-order valence-electron chi connectivity index (χ4n) is 2.95. The summed E-state index contributed by atoms with van der Waals surface area (Å²) in [6.07, 6.45) is 1.64. The number of aryl methyl sites for hydroxylation is 1. The Morgan fingerprint density at radius 1 is 1.35 bits per heavy atom. The molecule has 1 saturated heterocycles. The minimum absolute atomic E-state index is 0.0572. The van der Waals surface area contributed by atoms with Gasteiger partial charge in [-0.15, -0.1) is 0 Å². The highest BCUT2D eigenvalue weighted by Crippen LogP contribution is 2.35. The number of carboxylic acid groups (broad SMARTS) is 1. The van der Waals surface area contributed by atoms with Crippen LogP contribution >= 0.6 is 0 Å². The van der Waals surface area contributed by atoms with Gasteiger partial charge in [0.1, 0.15) is 0 Å². The Kier molecular flexibility index (Phi) is 4.42. The second-order valence-corrected chi connectivity index (χ2v) is 5.37. The predicted octanol–water partition coefficient (Wildman–Crippen LogP) is 2.77. The molecule has 1 aliphatic rings. The molecule has 4 nitrogen and oxygen atoms in total. The number of rotatable bonds is 3. The molecule has 2 unspecified atom stereocenters. The van der Waals surface area contributed by atoms with E-state index in [9.17, 15) is 14.7 Å². The standard InChI is InChI=1S/C16H21NO3/c1-3-17-14(18)6-4-5-13(16(19)20)15(17)12-9-7-11(2)8-10-12/h7-10,13,15H,3-6H2,1-2H3,(H,19,20). The molecule has 0 spiro atoms. The molecule has 1 amide bonds. The number of hydrogen-bond acceptors (Lipinski definition) is 2. The third-order valence-electron chi connectivity index (χ3n) is 4.02. The fourth-order valence-corrected chi connectivity index (χ4v) is 2.95. The van der Waals surface area contributed by atoms with E-state index in [0.29, 0.717) is 25.8 Å². The number of carbonyl (C=O) groups is 2. The van der Waals surface area contributed by atoms with Crippen LogP contribution in [0, 0.1) is 12.8 Å². The van der Waals surface area contributed by atoms with Crippen molar-refractivity contribution in [1.29, 1.82) is 0 Å². The van der Waals surface area contributed by atoms with Gasteiger partial charge in [0.2, 0.25) is 5.91 Å². The molecule has 1 N–H and O–H groups in total. The minimum atomic E-state index is -0.816. The van der Waals surface area contributed by atoms with Crippen LogP contribution in [-0.4, -0.2) is 28.4 Å². The molecule has 1 fully saturated rings. The van der Waals surface area contributed by atoms with E-state index in [0.717, 1.165) is 11.1 Å². The molecule has 0 radical (unpaired) electrons. The third kappa shape index (κ3) is 2.84. The Labute approximate surface area is 119 Å². The largest absolute Gasteiger partial charge is 0.481 e. The maximum absolute atomic E-state index is 12.2. The summed E-state index contributed by atoms with van der Waals surface area (Å²) in [6.45, 7) is 4.44. The first-order valence-corrected chi connectivity index (χ1v) is 7.13. The molecule has 0 aliphatic carbocycles. The maximum Gasteiger partial charge on any atom is 0.308 e. The normalized spacial score (nSPS) is 23.5. The maximum atomic E-state index is 12.2. The summed E-state index contributed by atoms with van der Waals surface area (Å²) < 4.78 is 0. The summed E-state index contributed by atoms with van der Waals surface area (Å²) in [7, 11) is 0.